The Balaban J connectivity index is 2.27. The Labute approximate surface area is 96.4 Å². The average Bonchev–Trinajstić information content (AvgIpc) is 2.74. The van der Waals surface area contributed by atoms with Crippen molar-refractivity contribution >= 4 is 33.8 Å². The third kappa shape index (κ3) is 2.47. The predicted molar refractivity (Wildman–Crippen MR) is 62.8 cm³/mol. The molecule has 0 aliphatic carbocycles. The highest BCUT2D eigenvalue weighted by Gasteiger charge is 2.03. The molecule has 2 N–H and O–H groups in total. The van der Waals surface area contributed by atoms with Crippen LogP contribution in [0.3, 0.4) is 0 Å². The van der Waals surface area contributed by atoms with Gasteiger partial charge in [0, 0.05) is 11.6 Å². The summed E-state index contributed by atoms with van der Waals surface area (Å²) in [5.41, 5.74) is 1.58. The van der Waals surface area contributed by atoms with Gasteiger partial charge in [0.25, 0.3) is 0 Å². The molecule has 2 rings (SSSR count). The summed E-state index contributed by atoms with van der Waals surface area (Å²) >= 11 is 7.50. The number of aliphatic hydroxyl groups is 1. The summed E-state index contributed by atoms with van der Waals surface area (Å²) in [6.07, 6.45) is 1.72. The highest BCUT2D eigenvalue weighted by atomic mass is 35.5. The molecule has 0 unspecified atom stereocenters. The lowest BCUT2D eigenvalue weighted by Gasteiger charge is -2.06. The van der Waals surface area contributed by atoms with Crippen LogP contribution in [-0.2, 0) is 6.61 Å². The van der Waals surface area contributed by atoms with Crippen molar-refractivity contribution in [2.24, 2.45) is 0 Å². The number of hydrogen-bond acceptors (Lipinski definition) is 4. The molecule has 2 aromatic rings. The molecule has 0 radical (unpaired) electrons. The molecule has 1 heterocycles. The van der Waals surface area contributed by atoms with Gasteiger partial charge in [-0.1, -0.05) is 17.7 Å². The second-order valence-electron chi connectivity index (χ2n) is 2.93. The first kappa shape index (κ1) is 10.4. The summed E-state index contributed by atoms with van der Waals surface area (Å²) in [5.74, 6) is 0. The van der Waals surface area contributed by atoms with Crippen LogP contribution in [0.15, 0.2) is 29.8 Å². The standard InChI is InChI=1S/C10H9ClN2OS/c11-8-2-1-7(6-14)5-9(8)13-10-12-3-4-15-10/h1-5,14H,6H2,(H,12,13). The molecule has 0 saturated carbocycles. The van der Waals surface area contributed by atoms with Gasteiger partial charge >= 0.3 is 0 Å². The highest BCUT2D eigenvalue weighted by molar-refractivity contribution is 7.13. The van der Waals surface area contributed by atoms with E-state index in [4.69, 9.17) is 16.7 Å². The maximum atomic E-state index is 9.00. The maximum absolute atomic E-state index is 9.00. The van der Waals surface area contributed by atoms with Gasteiger partial charge in [0.05, 0.1) is 17.3 Å². The molecule has 1 aromatic carbocycles. The molecule has 0 bridgehead atoms. The average molecular weight is 241 g/mol. The molecule has 3 nitrogen and oxygen atoms in total. The van der Waals surface area contributed by atoms with E-state index in [0.717, 1.165) is 16.4 Å². The van der Waals surface area contributed by atoms with Crippen molar-refractivity contribution in [3.05, 3.63) is 40.4 Å². The van der Waals surface area contributed by atoms with Gasteiger partial charge in [0.15, 0.2) is 5.13 Å². The topological polar surface area (TPSA) is 45.1 Å². The summed E-state index contributed by atoms with van der Waals surface area (Å²) in [7, 11) is 0. The normalized spacial score (nSPS) is 10.3. The summed E-state index contributed by atoms with van der Waals surface area (Å²) in [5, 5.41) is 15.4. The van der Waals surface area contributed by atoms with E-state index in [-0.39, 0.29) is 6.61 Å². The number of rotatable bonds is 3. The minimum Gasteiger partial charge on any atom is -0.392 e. The molecule has 0 atom stereocenters. The predicted octanol–water partition coefficient (Wildman–Crippen LogP) is 3.03. The van der Waals surface area contributed by atoms with Crippen LogP contribution in [0.25, 0.3) is 0 Å². The minimum atomic E-state index is 0.00369. The zero-order chi connectivity index (χ0) is 10.7. The van der Waals surface area contributed by atoms with Gasteiger partial charge in [-0.05, 0) is 17.7 Å². The van der Waals surface area contributed by atoms with Crippen molar-refractivity contribution < 1.29 is 5.11 Å². The first-order valence-electron chi connectivity index (χ1n) is 4.35. The SMILES string of the molecule is OCc1ccc(Cl)c(Nc2nccs2)c1. The fraction of sp³-hybridized carbons (Fsp3) is 0.100. The molecule has 0 fully saturated rings. The highest BCUT2D eigenvalue weighted by Crippen LogP contribution is 2.27. The molecular weight excluding hydrogens is 232 g/mol. The number of halogens is 1. The minimum absolute atomic E-state index is 0.00369. The summed E-state index contributed by atoms with van der Waals surface area (Å²) in [4.78, 5) is 4.09. The molecule has 5 heteroatoms. The van der Waals surface area contributed by atoms with E-state index in [1.807, 2.05) is 11.4 Å². The number of nitrogens with zero attached hydrogens (tertiary/aromatic N) is 1. The lowest BCUT2D eigenvalue weighted by molar-refractivity contribution is 0.282. The van der Waals surface area contributed by atoms with E-state index in [1.54, 1.807) is 18.3 Å². The molecule has 1 aromatic heterocycles. The Hall–Kier alpha value is -1.10. The number of hydrogen-bond donors (Lipinski definition) is 2. The van der Waals surface area contributed by atoms with Crippen LogP contribution in [0.2, 0.25) is 5.02 Å². The van der Waals surface area contributed by atoms with Crippen LogP contribution in [0.5, 0.6) is 0 Å². The van der Waals surface area contributed by atoms with E-state index >= 15 is 0 Å². The van der Waals surface area contributed by atoms with Crippen molar-refractivity contribution in [3.63, 3.8) is 0 Å². The van der Waals surface area contributed by atoms with E-state index in [9.17, 15) is 0 Å². The number of benzene rings is 1. The largest absolute Gasteiger partial charge is 0.392 e. The zero-order valence-electron chi connectivity index (χ0n) is 7.77. The summed E-state index contributed by atoms with van der Waals surface area (Å²) in [6.45, 7) is 0.00369. The molecule has 78 valence electrons. The second kappa shape index (κ2) is 4.61. The Kier molecular flexibility index (Phi) is 3.20. The Morgan fingerprint density at radius 2 is 2.33 bits per heavy atom. The van der Waals surface area contributed by atoms with Crippen molar-refractivity contribution in [3.8, 4) is 0 Å². The van der Waals surface area contributed by atoms with E-state index in [2.05, 4.69) is 10.3 Å². The van der Waals surface area contributed by atoms with Crippen molar-refractivity contribution in [1.29, 1.82) is 0 Å². The second-order valence-corrected chi connectivity index (χ2v) is 4.24. The van der Waals surface area contributed by atoms with Crippen LogP contribution < -0.4 is 5.32 Å². The quantitative estimate of drug-likeness (QED) is 0.867. The molecular formula is C10H9ClN2OS. The number of nitrogens with one attached hydrogen (secondary N) is 1. The molecule has 15 heavy (non-hydrogen) atoms. The Morgan fingerprint density at radius 1 is 1.47 bits per heavy atom. The van der Waals surface area contributed by atoms with Gasteiger partial charge in [0.2, 0.25) is 0 Å². The van der Waals surface area contributed by atoms with E-state index in [1.165, 1.54) is 11.3 Å². The maximum Gasteiger partial charge on any atom is 0.187 e. The molecule has 0 amide bonds. The van der Waals surface area contributed by atoms with Crippen molar-refractivity contribution in [2.75, 3.05) is 5.32 Å². The third-order valence-corrected chi connectivity index (χ3v) is 2.91. The fourth-order valence-electron chi connectivity index (χ4n) is 1.17. The van der Waals surface area contributed by atoms with Crippen molar-refractivity contribution in [2.45, 2.75) is 6.61 Å². The lowest BCUT2D eigenvalue weighted by atomic mass is 10.2. The van der Waals surface area contributed by atoms with Crippen LogP contribution in [0, 0.1) is 0 Å². The molecule has 0 spiro atoms. The van der Waals surface area contributed by atoms with Crippen LogP contribution in [0.4, 0.5) is 10.8 Å². The molecule has 0 saturated heterocycles. The third-order valence-electron chi connectivity index (χ3n) is 1.89. The van der Waals surface area contributed by atoms with Gasteiger partial charge in [0.1, 0.15) is 0 Å². The summed E-state index contributed by atoms with van der Waals surface area (Å²) in [6, 6.07) is 5.35. The van der Waals surface area contributed by atoms with Gasteiger partial charge in [-0.25, -0.2) is 4.98 Å². The van der Waals surface area contributed by atoms with Gasteiger partial charge < -0.3 is 10.4 Å². The van der Waals surface area contributed by atoms with Crippen LogP contribution in [-0.4, -0.2) is 10.1 Å². The number of aliphatic hydroxyl groups excluding tert-OH is 1. The fourth-order valence-corrected chi connectivity index (χ4v) is 1.87. The van der Waals surface area contributed by atoms with Gasteiger partial charge in [-0.2, -0.15) is 0 Å². The Bertz CT molecular complexity index is 445. The van der Waals surface area contributed by atoms with E-state index in [0.29, 0.717) is 5.02 Å². The van der Waals surface area contributed by atoms with Gasteiger partial charge in [-0.3, -0.25) is 0 Å². The summed E-state index contributed by atoms with van der Waals surface area (Å²) < 4.78 is 0. The number of anilines is 2. The Morgan fingerprint density at radius 3 is 3.00 bits per heavy atom. The smallest absolute Gasteiger partial charge is 0.187 e. The zero-order valence-corrected chi connectivity index (χ0v) is 9.35. The monoisotopic (exact) mass is 240 g/mol. The van der Waals surface area contributed by atoms with Crippen LogP contribution >= 0.6 is 22.9 Å². The van der Waals surface area contributed by atoms with E-state index < -0.39 is 0 Å². The number of thiazole rings is 1. The van der Waals surface area contributed by atoms with Gasteiger partial charge in [-0.15, -0.1) is 11.3 Å². The van der Waals surface area contributed by atoms with Crippen molar-refractivity contribution in [1.82, 2.24) is 4.98 Å². The number of aromatic nitrogens is 1. The first-order valence-corrected chi connectivity index (χ1v) is 5.61. The van der Waals surface area contributed by atoms with Crippen LogP contribution in [0.1, 0.15) is 5.56 Å². The molecule has 0 aliphatic heterocycles. The lowest BCUT2D eigenvalue weighted by Crippen LogP contribution is -1.92. The molecule has 0 aliphatic rings. The first-order chi connectivity index (χ1) is 7.29.